The molecule has 0 aliphatic carbocycles. The van der Waals surface area contributed by atoms with E-state index in [2.05, 4.69) is 6.07 Å². The fourth-order valence-corrected chi connectivity index (χ4v) is 4.34. The fraction of sp³-hybridized carbons (Fsp3) is 0.294. The quantitative estimate of drug-likeness (QED) is 0.818. The average molecular weight is 312 g/mol. The molecule has 2 aliphatic rings. The molecule has 0 bridgehead atoms. The van der Waals surface area contributed by atoms with Gasteiger partial charge in [-0.25, -0.2) is 10.0 Å². The van der Waals surface area contributed by atoms with Crippen LogP contribution in [0.3, 0.4) is 0 Å². The Morgan fingerprint density at radius 2 is 1.91 bits per heavy atom. The van der Waals surface area contributed by atoms with Gasteiger partial charge in [0.25, 0.3) is 0 Å². The largest absolute Gasteiger partial charge is 0.273 e. The zero-order valence-corrected chi connectivity index (χ0v) is 12.8. The highest BCUT2D eigenvalue weighted by atomic mass is 32.1. The number of rotatable bonds is 3. The van der Waals surface area contributed by atoms with Crippen molar-refractivity contribution >= 4 is 23.2 Å². The van der Waals surface area contributed by atoms with Crippen LogP contribution in [0.1, 0.15) is 22.9 Å². The minimum Gasteiger partial charge on any atom is -0.273 e. The van der Waals surface area contributed by atoms with E-state index < -0.39 is 0 Å². The van der Waals surface area contributed by atoms with Crippen LogP contribution in [-0.4, -0.2) is 28.4 Å². The van der Waals surface area contributed by atoms with Crippen LogP contribution in [0.15, 0.2) is 47.8 Å². The van der Waals surface area contributed by atoms with Crippen molar-refractivity contribution in [1.82, 2.24) is 10.0 Å². The summed E-state index contributed by atoms with van der Waals surface area (Å²) in [6, 6.07) is 14.1. The summed E-state index contributed by atoms with van der Waals surface area (Å²) in [4.78, 5) is 26.0. The maximum absolute atomic E-state index is 12.8. The molecule has 5 heteroatoms. The molecule has 1 aromatic carbocycles. The molecule has 22 heavy (non-hydrogen) atoms. The topological polar surface area (TPSA) is 40.6 Å². The normalized spacial score (nSPS) is 25.0. The molecule has 2 saturated heterocycles. The summed E-state index contributed by atoms with van der Waals surface area (Å²) in [5.41, 5.74) is 1.14. The van der Waals surface area contributed by atoms with Crippen LogP contribution in [0.4, 0.5) is 0 Å². The number of carbonyl (C=O) groups is 2. The second kappa shape index (κ2) is 5.34. The molecule has 0 spiro atoms. The minimum absolute atomic E-state index is 0.0147. The highest BCUT2D eigenvalue weighted by Crippen LogP contribution is 2.43. The second-order valence-electron chi connectivity index (χ2n) is 5.71. The first-order valence-electron chi connectivity index (χ1n) is 7.46. The summed E-state index contributed by atoms with van der Waals surface area (Å²) in [5, 5.41) is 5.38. The number of fused-ring (bicyclic) bond motifs is 1. The molecular formula is C17H16N2O2S. The predicted octanol–water partition coefficient (Wildman–Crippen LogP) is 2.64. The second-order valence-corrected chi connectivity index (χ2v) is 6.69. The van der Waals surface area contributed by atoms with Crippen LogP contribution >= 0.6 is 11.3 Å². The van der Waals surface area contributed by atoms with Crippen molar-refractivity contribution in [1.29, 1.82) is 0 Å². The number of imide groups is 1. The monoisotopic (exact) mass is 312 g/mol. The molecule has 2 aromatic rings. The third kappa shape index (κ3) is 2.09. The van der Waals surface area contributed by atoms with E-state index in [0.717, 1.165) is 10.4 Å². The van der Waals surface area contributed by atoms with Gasteiger partial charge in [0.05, 0.1) is 12.0 Å². The van der Waals surface area contributed by atoms with Crippen molar-refractivity contribution in [3.8, 4) is 0 Å². The lowest BCUT2D eigenvalue weighted by atomic mass is 9.91. The van der Waals surface area contributed by atoms with E-state index in [1.54, 1.807) is 11.3 Å². The Hall–Kier alpha value is -1.98. The van der Waals surface area contributed by atoms with E-state index in [1.165, 1.54) is 5.01 Å². The minimum atomic E-state index is -0.190. The number of carbonyl (C=O) groups excluding carboxylic acids is 2. The fourth-order valence-electron chi connectivity index (χ4n) is 3.44. The van der Waals surface area contributed by atoms with E-state index in [0.29, 0.717) is 19.4 Å². The van der Waals surface area contributed by atoms with Crippen molar-refractivity contribution in [3.05, 3.63) is 58.3 Å². The maximum Gasteiger partial charge on any atom is 0.249 e. The molecule has 2 atom stereocenters. The molecule has 4 rings (SSSR count). The van der Waals surface area contributed by atoms with Gasteiger partial charge in [0.1, 0.15) is 0 Å². The molecule has 3 heterocycles. The Bertz CT molecular complexity index is 699. The van der Waals surface area contributed by atoms with Gasteiger partial charge < -0.3 is 0 Å². The van der Waals surface area contributed by atoms with Crippen molar-refractivity contribution in [2.24, 2.45) is 5.92 Å². The van der Waals surface area contributed by atoms with Gasteiger partial charge >= 0.3 is 0 Å². The smallest absolute Gasteiger partial charge is 0.249 e. The van der Waals surface area contributed by atoms with E-state index in [9.17, 15) is 9.59 Å². The molecule has 0 saturated carbocycles. The van der Waals surface area contributed by atoms with Gasteiger partial charge in [-0.05, 0) is 23.4 Å². The molecule has 112 valence electrons. The van der Waals surface area contributed by atoms with E-state index in [1.807, 2.05) is 46.8 Å². The van der Waals surface area contributed by atoms with Gasteiger partial charge in [-0.3, -0.25) is 9.59 Å². The van der Waals surface area contributed by atoms with E-state index >= 15 is 0 Å². The first-order valence-corrected chi connectivity index (χ1v) is 8.34. The van der Waals surface area contributed by atoms with Crippen LogP contribution in [0, 0.1) is 5.92 Å². The lowest BCUT2D eigenvalue weighted by Gasteiger charge is -2.23. The van der Waals surface area contributed by atoms with E-state index in [-0.39, 0.29) is 23.8 Å². The summed E-state index contributed by atoms with van der Waals surface area (Å²) in [5.74, 6) is -0.308. The van der Waals surface area contributed by atoms with Crippen LogP contribution in [-0.2, 0) is 16.0 Å². The Kier molecular flexibility index (Phi) is 3.32. The van der Waals surface area contributed by atoms with Gasteiger partial charge in [0.15, 0.2) is 0 Å². The third-order valence-corrected chi connectivity index (χ3v) is 5.35. The van der Waals surface area contributed by atoms with Gasteiger partial charge in [-0.15, -0.1) is 11.3 Å². The Labute approximate surface area is 132 Å². The summed E-state index contributed by atoms with van der Waals surface area (Å²) in [7, 11) is 0. The SMILES string of the molecule is O=C1CCN2[C@@H](c3cccs3)[C@H](Cc3ccccc3)C(=O)N12. The molecular weight excluding hydrogens is 296 g/mol. The highest BCUT2D eigenvalue weighted by Gasteiger charge is 2.52. The number of hydrazine groups is 1. The average Bonchev–Trinajstić information content (AvgIpc) is 3.22. The molecule has 0 unspecified atom stereocenters. The Morgan fingerprint density at radius 3 is 2.64 bits per heavy atom. The number of hydrogen-bond acceptors (Lipinski definition) is 4. The highest BCUT2D eigenvalue weighted by molar-refractivity contribution is 7.10. The molecule has 2 fully saturated rings. The van der Waals surface area contributed by atoms with Crippen LogP contribution in [0.2, 0.25) is 0 Å². The zero-order chi connectivity index (χ0) is 15.1. The molecule has 0 radical (unpaired) electrons. The van der Waals surface area contributed by atoms with E-state index in [4.69, 9.17) is 0 Å². The Balaban J connectivity index is 1.71. The molecule has 2 aliphatic heterocycles. The number of hydrogen-bond donors (Lipinski definition) is 0. The van der Waals surface area contributed by atoms with Gasteiger partial charge in [-0.1, -0.05) is 36.4 Å². The summed E-state index contributed by atoms with van der Waals surface area (Å²) >= 11 is 1.65. The first kappa shape index (κ1) is 13.7. The number of thiophene rings is 1. The predicted molar refractivity (Wildman–Crippen MR) is 83.9 cm³/mol. The summed E-state index contributed by atoms with van der Waals surface area (Å²) in [6.45, 7) is 0.637. The number of amides is 2. The lowest BCUT2D eigenvalue weighted by molar-refractivity contribution is -0.149. The number of benzene rings is 1. The lowest BCUT2D eigenvalue weighted by Crippen LogP contribution is -2.36. The van der Waals surface area contributed by atoms with Crippen molar-refractivity contribution in [2.75, 3.05) is 6.54 Å². The zero-order valence-electron chi connectivity index (χ0n) is 12.0. The van der Waals surface area contributed by atoms with Crippen LogP contribution < -0.4 is 0 Å². The first-order chi connectivity index (χ1) is 10.8. The van der Waals surface area contributed by atoms with Crippen LogP contribution in [0.25, 0.3) is 0 Å². The standard InChI is InChI=1S/C17H16N2O2S/c20-15-8-9-18-16(14-7-4-10-22-14)13(17(21)19(15)18)11-12-5-2-1-3-6-12/h1-7,10,13,16H,8-9,11H2/t13-,16+/m0/s1. The molecule has 4 nitrogen and oxygen atoms in total. The van der Waals surface area contributed by atoms with Crippen molar-refractivity contribution < 1.29 is 9.59 Å². The summed E-state index contributed by atoms with van der Waals surface area (Å²) in [6.07, 6.45) is 1.11. The molecule has 0 N–H and O–H groups in total. The molecule has 2 amide bonds. The Morgan fingerprint density at radius 1 is 1.09 bits per heavy atom. The van der Waals surface area contributed by atoms with Gasteiger partial charge in [0.2, 0.25) is 11.8 Å². The third-order valence-electron chi connectivity index (χ3n) is 4.41. The van der Waals surface area contributed by atoms with Gasteiger partial charge in [0, 0.05) is 17.8 Å². The number of nitrogens with zero attached hydrogens (tertiary/aromatic N) is 2. The van der Waals surface area contributed by atoms with Crippen LogP contribution in [0.5, 0.6) is 0 Å². The summed E-state index contributed by atoms with van der Waals surface area (Å²) < 4.78 is 0. The van der Waals surface area contributed by atoms with Gasteiger partial charge in [-0.2, -0.15) is 0 Å². The maximum atomic E-state index is 12.8. The van der Waals surface area contributed by atoms with Crippen molar-refractivity contribution in [2.45, 2.75) is 18.9 Å². The van der Waals surface area contributed by atoms with Crippen molar-refractivity contribution in [3.63, 3.8) is 0 Å². The molecule has 1 aromatic heterocycles.